The summed E-state index contributed by atoms with van der Waals surface area (Å²) in [6, 6.07) is 6.57. The average molecular weight is 412 g/mol. The average Bonchev–Trinajstić information content (AvgIpc) is 2.66. The highest BCUT2D eigenvalue weighted by Gasteiger charge is 2.34. The van der Waals surface area contributed by atoms with Crippen LogP contribution in [0.15, 0.2) is 29.2 Å². The van der Waals surface area contributed by atoms with Gasteiger partial charge in [-0.1, -0.05) is 31.5 Å². The van der Waals surface area contributed by atoms with E-state index in [4.69, 9.17) is 4.74 Å². The van der Waals surface area contributed by atoms with E-state index in [1.54, 1.807) is 24.3 Å². The number of sulfonamides is 1. The van der Waals surface area contributed by atoms with E-state index in [0.29, 0.717) is 25.5 Å². The third-order valence-electron chi connectivity index (χ3n) is 4.43. The predicted octanol–water partition coefficient (Wildman–Crippen LogP) is 1.01. The zero-order chi connectivity index (χ0) is 20.7. The molecule has 8 nitrogen and oxygen atoms in total. The second-order valence-corrected chi connectivity index (χ2v) is 9.15. The molecule has 1 fully saturated rings. The SMILES string of the molecule is Cc1ccc(S(=O)(=O)N2CCCOC2CNC(=O)C(=O)NCCC(C)C)cc1. The van der Waals surface area contributed by atoms with Gasteiger partial charge in [-0.2, -0.15) is 4.31 Å². The molecule has 0 aliphatic carbocycles. The Kier molecular flexibility index (Phi) is 7.97. The number of benzene rings is 1. The standard InChI is InChI=1S/C19H29N3O5S/c1-14(2)9-10-20-18(23)19(24)21-13-17-22(11-4-12-27-17)28(25,26)16-7-5-15(3)6-8-16/h5-8,14,17H,4,9-13H2,1-3H3,(H,20,23)(H,21,24). The Morgan fingerprint density at radius 2 is 1.82 bits per heavy atom. The molecule has 9 heteroatoms. The summed E-state index contributed by atoms with van der Waals surface area (Å²) >= 11 is 0. The van der Waals surface area contributed by atoms with Gasteiger partial charge in [-0.05, 0) is 37.8 Å². The molecule has 156 valence electrons. The van der Waals surface area contributed by atoms with Crippen LogP contribution >= 0.6 is 0 Å². The summed E-state index contributed by atoms with van der Waals surface area (Å²) in [4.78, 5) is 24.0. The van der Waals surface area contributed by atoms with Gasteiger partial charge in [0.05, 0.1) is 18.0 Å². The molecule has 0 aromatic heterocycles. The summed E-state index contributed by atoms with van der Waals surface area (Å²) < 4.78 is 32.7. The first-order valence-electron chi connectivity index (χ1n) is 9.48. The van der Waals surface area contributed by atoms with Gasteiger partial charge in [0.1, 0.15) is 6.23 Å². The fourth-order valence-electron chi connectivity index (χ4n) is 2.76. The Bertz CT molecular complexity index is 777. The van der Waals surface area contributed by atoms with Crippen molar-refractivity contribution in [1.29, 1.82) is 0 Å². The van der Waals surface area contributed by atoms with Crippen LogP contribution in [-0.2, 0) is 24.3 Å². The molecule has 0 radical (unpaired) electrons. The molecule has 2 rings (SSSR count). The smallest absolute Gasteiger partial charge is 0.309 e. The lowest BCUT2D eigenvalue weighted by molar-refractivity contribution is -0.140. The number of nitrogens with zero attached hydrogens (tertiary/aromatic N) is 1. The molecule has 0 spiro atoms. The molecule has 1 aromatic rings. The first kappa shape index (κ1) is 22.3. The van der Waals surface area contributed by atoms with Gasteiger partial charge in [0.2, 0.25) is 10.0 Å². The molecule has 1 atom stereocenters. The van der Waals surface area contributed by atoms with Crippen molar-refractivity contribution < 1.29 is 22.7 Å². The number of amides is 2. The minimum absolute atomic E-state index is 0.0957. The number of carbonyl (C=O) groups is 2. The van der Waals surface area contributed by atoms with Crippen molar-refractivity contribution in [1.82, 2.24) is 14.9 Å². The molecule has 1 saturated heterocycles. The third kappa shape index (κ3) is 6.02. The molecule has 1 aliphatic heterocycles. The quantitative estimate of drug-likeness (QED) is 0.652. The van der Waals surface area contributed by atoms with Crippen molar-refractivity contribution in [2.24, 2.45) is 5.92 Å². The molecule has 28 heavy (non-hydrogen) atoms. The number of aryl methyl sites for hydroxylation is 1. The van der Waals surface area contributed by atoms with Crippen LogP contribution in [0, 0.1) is 12.8 Å². The molecule has 1 aromatic carbocycles. The van der Waals surface area contributed by atoms with Gasteiger partial charge < -0.3 is 15.4 Å². The lowest BCUT2D eigenvalue weighted by atomic mass is 10.1. The molecule has 2 N–H and O–H groups in total. The summed E-state index contributed by atoms with van der Waals surface area (Å²) in [5, 5.41) is 5.02. The lowest BCUT2D eigenvalue weighted by Gasteiger charge is -2.34. The van der Waals surface area contributed by atoms with E-state index in [9.17, 15) is 18.0 Å². The van der Waals surface area contributed by atoms with Crippen LogP contribution in [0.3, 0.4) is 0 Å². The summed E-state index contributed by atoms with van der Waals surface area (Å²) in [6.07, 6.45) is 0.478. The second kappa shape index (κ2) is 9.99. The minimum Gasteiger partial charge on any atom is -0.360 e. The number of ether oxygens (including phenoxy) is 1. The van der Waals surface area contributed by atoms with Crippen LogP contribution < -0.4 is 10.6 Å². The van der Waals surface area contributed by atoms with Gasteiger partial charge in [-0.15, -0.1) is 0 Å². The Hall–Kier alpha value is -1.97. The number of carbonyl (C=O) groups excluding carboxylic acids is 2. The maximum absolute atomic E-state index is 12.9. The van der Waals surface area contributed by atoms with Crippen molar-refractivity contribution in [2.45, 2.75) is 44.7 Å². The fraction of sp³-hybridized carbons (Fsp3) is 0.579. The molecule has 1 aliphatic rings. The van der Waals surface area contributed by atoms with Gasteiger partial charge in [-0.3, -0.25) is 9.59 Å². The summed E-state index contributed by atoms with van der Waals surface area (Å²) in [7, 11) is -3.76. The van der Waals surface area contributed by atoms with Gasteiger partial charge in [0.15, 0.2) is 0 Å². The normalized spacial score (nSPS) is 18.1. The maximum Gasteiger partial charge on any atom is 0.309 e. The van der Waals surface area contributed by atoms with Crippen LogP contribution in [-0.4, -0.2) is 57.0 Å². The molecular weight excluding hydrogens is 382 g/mol. The molecule has 0 bridgehead atoms. The topological polar surface area (TPSA) is 105 Å². The third-order valence-corrected chi connectivity index (χ3v) is 6.34. The van der Waals surface area contributed by atoms with Crippen LogP contribution in [0.1, 0.15) is 32.3 Å². The van der Waals surface area contributed by atoms with E-state index in [1.165, 1.54) is 4.31 Å². The predicted molar refractivity (Wildman–Crippen MR) is 105 cm³/mol. The largest absolute Gasteiger partial charge is 0.360 e. The van der Waals surface area contributed by atoms with Crippen molar-refractivity contribution in [3.63, 3.8) is 0 Å². The molecular formula is C19H29N3O5S. The van der Waals surface area contributed by atoms with E-state index in [-0.39, 0.29) is 18.0 Å². The van der Waals surface area contributed by atoms with Crippen LogP contribution in [0.25, 0.3) is 0 Å². The van der Waals surface area contributed by atoms with Crippen molar-refractivity contribution in [3.8, 4) is 0 Å². The highest BCUT2D eigenvalue weighted by molar-refractivity contribution is 7.89. The van der Waals surface area contributed by atoms with Gasteiger partial charge >= 0.3 is 11.8 Å². The van der Waals surface area contributed by atoms with Crippen LogP contribution in [0.5, 0.6) is 0 Å². The van der Waals surface area contributed by atoms with Crippen molar-refractivity contribution in [2.75, 3.05) is 26.2 Å². The monoisotopic (exact) mass is 411 g/mol. The number of hydrogen-bond acceptors (Lipinski definition) is 5. The van der Waals surface area contributed by atoms with Crippen molar-refractivity contribution >= 4 is 21.8 Å². The van der Waals surface area contributed by atoms with E-state index in [0.717, 1.165) is 12.0 Å². The van der Waals surface area contributed by atoms with Gasteiger partial charge in [-0.25, -0.2) is 8.42 Å². The fourth-order valence-corrected chi connectivity index (χ4v) is 4.33. The Labute approximate surface area is 166 Å². The van der Waals surface area contributed by atoms with E-state index in [2.05, 4.69) is 10.6 Å². The number of hydrogen-bond donors (Lipinski definition) is 2. The van der Waals surface area contributed by atoms with E-state index < -0.39 is 28.1 Å². The maximum atomic E-state index is 12.9. The van der Waals surface area contributed by atoms with Crippen LogP contribution in [0.4, 0.5) is 0 Å². The summed E-state index contributed by atoms with van der Waals surface area (Å²) in [6.45, 7) is 6.92. The number of nitrogens with one attached hydrogen (secondary N) is 2. The second-order valence-electron chi connectivity index (χ2n) is 7.26. The first-order valence-corrected chi connectivity index (χ1v) is 10.9. The molecule has 2 amide bonds. The highest BCUT2D eigenvalue weighted by Crippen LogP contribution is 2.22. The molecule has 0 saturated carbocycles. The Balaban J connectivity index is 1.98. The Morgan fingerprint density at radius 1 is 1.18 bits per heavy atom. The van der Waals surface area contributed by atoms with Crippen molar-refractivity contribution in [3.05, 3.63) is 29.8 Å². The van der Waals surface area contributed by atoms with E-state index in [1.807, 2.05) is 20.8 Å². The zero-order valence-electron chi connectivity index (χ0n) is 16.6. The van der Waals surface area contributed by atoms with Gasteiger partial charge in [0.25, 0.3) is 0 Å². The zero-order valence-corrected chi connectivity index (χ0v) is 17.4. The number of rotatable bonds is 7. The lowest BCUT2D eigenvalue weighted by Crippen LogP contribution is -2.53. The molecule has 1 heterocycles. The van der Waals surface area contributed by atoms with E-state index >= 15 is 0 Å². The first-order chi connectivity index (χ1) is 13.2. The van der Waals surface area contributed by atoms with Crippen LogP contribution in [0.2, 0.25) is 0 Å². The highest BCUT2D eigenvalue weighted by atomic mass is 32.2. The Morgan fingerprint density at radius 3 is 2.46 bits per heavy atom. The molecule has 1 unspecified atom stereocenters. The minimum atomic E-state index is -3.76. The van der Waals surface area contributed by atoms with Gasteiger partial charge in [0, 0.05) is 13.1 Å². The summed E-state index contributed by atoms with van der Waals surface area (Å²) in [5.74, 6) is -1.12. The summed E-state index contributed by atoms with van der Waals surface area (Å²) in [5.41, 5.74) is 0.959.